The van der Waals surface area contributed by atoms with Crippen LogP contribution in [0.5, 0.6) is 0 Å². The lowest BCUT2D eigenvalue weighted by atomic mass is 9.98. The fourth-order valence-corrected chi connectivity index (χ4v) is 2.37. The van der Waals surface area contributed by atoms with Crippen molar-refractivity contribution in [2.24, 2.45) is 0 Å². The lowest BCUT2D eigenvalue weighted by molar-refractivity contribution is 0.711. The van der Waals surface area contributed by atoms with Crippen molar-refractivity contribution in [1.29, 1.82) is 0 Å². The third-order valence-electron chi connectivity index (χ3n) is 3.19. The van der Waals surface area contributed by atoms with Gasteiger partial charge in [0.1, 0.15) is 0 Å². The molecule has 16 heavy (non-hydrogen) atoms. The van der Waals surface area contributed by atoms with E-state index in [0.29, 0.717) is 5.92 Å². The smallest absolute Gasteiger partial charge is 0.0889 e. The molecule has 0 saturated carbocycles. The Kier molecular flexibility index (Phi) is 2.06. The van der Waals surface area contributed by atoms with E-state index in [1.54, 1.807) is 0 Å². The van der Waals surface area contributed by atoms with E-state index in [1.165, 1.54) is 16.9 Å². The Morgan fingerprint density at radius 3 is 2.81 bits per heavy atom. The largest absolute Gasteiger partial charge is 0.217 e. The van der Waals surface area contributed by atoms with Crippen molar-refractivity contribution >= 4 is 0 Å². The van der Waals surface area contributed by atoms with Gasteiger partial charge in [0, 0.05) is 0 Å². The van der Waals surface area contributed by atoms with Gasteiger partial charge >= 0.3 is 0 Å². The zero-order valence-corrected chi connectivity index (χ0v) is 9.64. The number of hydrogen-bond donors (Lipinski definition) is 0. The number of benzene rings is 1. The number of aryl methyl sites for hydroxylation is 1. The normalized spacial score (nSPS) is 13.7. The van der Waals surface area contributed by atoms with E-state index >= 15 is 0 Å². The standard InChI is InChI=1S/C13H15N3/c1-9(2)13-12-8-7-10-5-3-4-6-11(10)16(12)15-14-13/h3-6,9H,7-8H2,1-2H3. The lowest BCUT2D eigenvalue weighted by Crippen LogP contribution is -2.13. The molecule has 3 nitrogen and oxygen atoms in total. The number of para-hydroxylation sites is 1. The second-order valence-corrected chi connectivity index (χ2v) is 4.62. The Labute approximate surface area is 95.1 Å². The molecule has 0 N–H and O–H groups in total. The van der Waals surface area contributed by atoms with Crippen LogP contribution in [0.4, 0.5) is 0 Å². The van der Waals surface area contributed by atoms with Crippen molar-refractivity contribution in [3.05, 3.63) is 41.2 Å². The maximum absolute atomic E-state index is 4.31. The fraction of sp³-hybridized carbons (Fsp3) is 0.385. The molecule has 0 radical (unpaired) electrons. The van der Waals surface area contributed by atoms with Crippen LogP contribution in [-0.4, -0.2) is 15.0 Å². The van der Waals surface area contributed by atoms with Crippen LogP contribution in [0.3, 0.4) is 0 Å². The Bertz CT molecular complexity index is 526. The molecule has 82 valence electrons. The van der Waals surface area contributed by atoms with Gasteiger partial charge in [0.15, 0.2) is 0 Å². The van der Waals surface area contributed by atoms with Gasteiger partial charge in [-0.1, -0.05) is 37.3 Å². The van der Waals surface area contributed by atoms with Crippen LogP contribution >= 0.6 is 0 Å². The van der Waals surface area contributed by atoms with Crippen LogP contribution < -0.4 is 0 Å². The summed E-state index contributed by atoms with van der Waals surface area (Å²) in [5, 5.41) is 8.60. The third-order valence-corrected chi connectivity index (χ3v) is 3.19. The van der Waals surface area contributed by atoms with E-state index in [2.05, 4.69) is 48.4 Å². The molecule has 0 bridgehead atoms. The summed E-state index contributed by atoms with van der Waals surface area (Å²) < 4.78 is 2.01. The Morgan fingerprint density at radius 1 is 1.19 bits per heavy atom. The molecule has 1 aliphatic rings. The van der Waals surface area contributed by atoms with Gasteiger partial charge in [-0.15, -0.1) is 5.10 Å². The van der Waals surface area contributed by atoms with Crippen molar-refractivity contribution in [2.75, 3.05) is 0 Å². The Hall–Kier alpha value is -1.64. The highest BCUT2D eigenvalue weighted by molar-refractivity contribution is 5.45. The SMILES string of the molecule is CC(C)c1nnn2c1CCc1ccccc1-2. The van der Waals surface area contributed by atoms with E-state index in [4.69, 9.17) is 0 Å². The summed E-state index contributed by atoms with van der Waals surface area (Å²) in [4.78, 5) is 0. The molecule has 0 amide bonds. The summed E-state index contributed by atoms with van der Waals surface area (Å²) in [6.45, 7) is 4.34. The predicted octanol–water partition coefficient (Wildman–Crippen LogP) is 2.49. The quantitative estimate of drug-likeness (QED) is 0.728. The van der Waals surface area contributed by atoms with Crippen LogP contribution in [0.15, 0.2) is 24.3 Å². The monoisotopic (exact) mass is 213 g/mol. The molecule has 2 aromatic rings. The molecule has 0 aliphatic carbocycles. The van der Waals surface area contributed by atoms with Gasteiger partial charge in [-0.25, -0.2) is 4.68 Å². The minimum absolute atomic E-state index is 0.453. The molecule has 0 saturated heterocycles. The molecule has 0 unspecified atom stereocenters. The summed E-state index contributed by atoms with van der Waals surface area (Å²) in [5.41, 5.74) is 5.00. The Morgan fingerprint density at radius 2 is 2.00 bits per heavy atom. The van der Waals surface area contributed by atoms with E-state index in [9.17, 15) is 0 Å². The van der Waals surface area contributed by atoms with Gasteiger partial charge in [0.25, 0.3) is 0 Å². The summed E-state index contributed by atoms with van der Waals surface area (Å²) in [6, 6.07) is 8.44. The zero-order valence-electron chi connectivity index (χ0n) is 9.64. The van der Waals surface area contributed by atoms with Gasteiger partial charge in [-0.3, -0.25) is 0 Å². The first-order valence-corrected chi connectivity index (χ1v) is 5.80. The molecule has 1 aliphatic heterocycles. The second kappa shape index (κ2) is 3.44. The second-order valence-electron chi connectivity index (χ2n) is 4.62. The van der Waals surface area contributed by atoms with Crippen molar-refractivity contribution in [2.45, 2.75) is 32.6 Å². The lowest BCUT2D eigenvalue weighted by Gasteiger charge is -2.18. The van der Waals surface area contributed by atoms with Gasteiger partial charge in [-0.2, -0.15) is 0 Å². The molecule has 3 heteroatoms. The summed E-state index contributed by atoms with van der Waals surface area (Å²) in [7, 11) is 0. The molecule has 2 heterocycles. The number of nitrogens with zero attached hydrogens (tertiary/aromatic N) is 3. The van der Waals surface area contributed by atoms with Crippen LogP contribution in [0, 0.1) is 0 Å². The van der Waals surface area contributed by atoms with E-state index in [-0.39, 0.29) is 0 Å². The molecule has 1 aromatic heterocycles. The average molecular weight is 213 g/mol. The summed E-state index contributed by atoms with van der Waals surface area (Å²) in [5.74, 6) is 0.453. The van der Waals surface area contributed by atoms with Gasteiger partial charge < -0.3 is 0 Å². The van der Waals surface area contributed by atoms with Gasteiger partial charge in [-0.05, 0) is 30.4 Å². The molecule has 0 fully saturated rings. The molecule has 1 aromatic carbocycles. The fourth-order valence-electron chi connectivity index (χ4n) is 2.37. The molecule has 0 spiro atoms. The molecule has 0 atom stereocenters. The first-order chi connectivity index (χ1) is 7.77. The maximum Gasteiger partial charge on any atom is 0.0889 e. The first-order valence-electron chi connectivity index (χ1n) is 5.80. The molecule has 3 rings (SSSR count). The van der Waals surface area contributed by atoms with Crippen molar-refractivity contribution < 1.29 is 0 Å². The molecular formula is C13H15N3. The highest BCUT2D eigenvalue weighted by atomic mass is 15.4. The predicted molar refractivity (Wildman–Crippen MR) is 62.9 cm³/mol. The highest BCUT2D eigenvalue weighted by Crippen LogP contribution is 2.27. The van der Waals surface area contributed by atoms with Crippen molar-refractivity contribution in [3.63, 3.8) is 0 Å². The zero-order chi connectivity index (χ0) is 11.1. The third kappa shape index (κ3) is 1.28. The summed E-state index contributed by atoms with van der Waals surface area (Å²) >= 11 is 0. The maximum atomic E-state index is 4.31. The van der Waals surface area contributed by atoms with Gasteiger partial charge in [0.05, 0.1) is 17.1 Å². The van der Waals surface area contributed by atoms with Crippen LogP contribution in [-0.2, 0) is 12.8 Å². The topological polar surface area (TPSA) is 30.7 Å². The van der Waals surface area contributed by atoms with Crippen LogP contribution in [0.2, 0.25) is 0 Å². The minimum Gasteiger partial charge on any atom is -0.217 e. The summed E-state index contributed by atoms with van der Waals surface area (Å²) in [6.07, 6.45) is 2.15. The van der Waals surface area contributed by atoms with E-state index in [1.807, 2.05) is 4.68 Å². The van der Waals surface area contributed by atoms with Gasteiger partial charge in [0.2, 0.25) is 0 Å². The highest BCUT2D eigenvalue weighted by Gasteiger charge is 2.21. The Balaban J connectivity index is 2.19. The average Bonchev–Trinajstić information content (AvgIpc) is 2.73. The number of aromatic nitrogens is 3. The first kappa shape index (κ1) is 9.58. The molecular weight excluding hydrogens is 198 g/mol. The van der Waals surface area contributed by atoms with Crippen LogP contribution in [0.1, 0.15) is 36.7 Å². The number of hydrogen-bond acceptors (Lipinski definition) is 2. The van der Waals surface area contributed by atoms with E-state index < -0.39 is 0 Å². The number of fused-ring (bicyclic) bond motifs is 3. The number of rotatable bonds is 1. The van der Waals surface area contributed by atoms with Crippen molar-refractivity contribution in [3.8, 4) is 5.69 Å². The van der Waals surface area contributed by atoms with Crippen LogP contribution in [0.25, 0.3) is 5.69 Å². The minimum atomic E-state index is 0.453. The van der Waals surface area contributed by atoms with Crippen molar-refractivity contribution in [1.82, 2.24) is 15.0 Å². The van der Waals surface area contributed by atoms with E-state index in [0.717, 1.165) is 18.5 Å².